The second-order valence-electron chi connectivity index (χ2n) is 7.62. The number of rotatable bonds is 5. The molecule has 0 aliphatic carbocycles. The van der Waals surface area contributed by atoms with Crippen LogP contribution in [0.4, 0.5) is 11.4 Å². The first-order valence-corrected chi connectivity index (χ1v) is 11.6. The van der Waals surface area contributed by atoms with Crippen LogP contribution in [0.1, 0.15) is 19.3 Å². The van der Waals surface area contributed by atoms with Gasteiger partial charge in [-0.2, -0.15) is 0 Å². The van der Waals surface area contributed by atoms with Gasteiger partial charge in [-0.1, -0.05) is 12.1 Å². The van der Waals surface area contributed by atoms with Gasteiger partial charge in [0.05, 0.1) is 18.8 Å². The number of piperidine rings is 1. The van der Waals surface area contributed by atoms with Crippen molar-refractivity contribution in [3.63, 3.8) is 0 Å². The van der Waals surface area contributed by atoms with Crippen LogP contribution < -0.4 is 15.0 Å². The van der Waals surface area contributed by atoms with Gasteiger partial charge < -0.3 is 19.9 Å². The first-order chi connectivity index (χ1) is 14.6. The maximum absolute atomic E-state index is 13.0. The lowest BCUT2D eigenvalue weighted by atomic mass is 10.1. The molecule has 0 unspecified atom stereocenters. The average Bonchev–Trinajstić information content (AvgIpc) is 2.79. The Morgan fingerprint density at radius 2 is 1.80 bits per heavy atom. The van der Waals surface area contributed by atoms with Crippen molar-refractivity contribution in [3.05, 3.63) is 48.5 Å². The lowest BCUT2D eigenvalue weighted by Crippen LogP contribution is -2.52. The standard InChI is InChI=1S/C23H27N3O3S/c1-30-18-11-9-17(10-12-18)24-22(27)16-26-15-21(23(28)25-13-5-2-6-14-25)29-20-8-4-3-7-19(20)26/h3-4,7-12,21H,2,5-6,13-16H2,1H3,(H,24,27)/t21-/m0/s1. The normalized spacial score (nSPS) is 18.4. The number of nitrogens with one attached hydrogen (secondary N) is 1. The van der Waals surface area contributed by atoms with Crippen LogP contribution in [0.2, 0.25) is 0 Å². The van der Waals surface area contributed by atoms with E-state index in [1.54, 1.807) is 11.8 Å². The first kappa shape index (κ1) is 20.6. The summed E-state index contributed by atoms with van der Waals surface area (Å²) < 4.78 is 6.04. The van der Waals surface area contributed by atoms with Crippen molar-refractivity contribution in [2.24, 2.45) is 0 Å². The molecule has 158 valence electrons. The summed E-state index contributed by atoms with van der Waals surface area (Å²) >= 11 is 1.66. The summed E-state index contributed by atoms with van der Waals surface area (Å²) in [7, 11) is 0. The van der Waals surface area contributed by atoms with E-state index in [-0.39, 0.29) is 18.4 Å². The number of carbonyl (C=O) groups is 2. The monoisotopic (exact) mass is 425 g/mol. The molecule has 0 aromatic heterocycles. The predicted molar refractivity (Wildman–Crippen MR) is 120 cm³/mol. The van der Waals surface area contributed by atoms with Gasteiger partial charge in [-0.3, -0.25) is 9.59 Å². The van der Waals surface area contributed by atoms with Crippen molar-refractivity contribution in [1.82, 2.24) is 4.90 Å². The molecular formula is C23H27N3O3S. The number of hydrogen-bond acceptors (Lipinski definition) is 5. The highest BCUT2D eigenvalue weighted by Crippen LogP contribution is 2.33. The molecule has 2 heterocycles. The van der Waals surface area contributed by atoms with Gasteiger partial charge in [-0.25, -0.2) is 0 Å². The van der Waals surface area contributed by atoms with Crippen molar-refractivity contribution in [1.29, 1.82) is 0 Å². The number of para-hydroxylation sites is 2. The fraction of sp³-hybridized carbons (Fsp3) is 0.391. The highest BCUT2D eigenvalue weighted by molar-refractivity contribution is 7.98. The number of thioether (sulfide) groups is 1. The van der Waals surface area contributed by atoms with Crippen LogP contribution in [0.25, 0.3) is 0 Å². The second kappa shape index (κ2) is 9.43. The minimum atomic E-state index is -0.591. The molecule has 0 saturated carbocycles. The Morgan fingerprint density at radius 3 is 2.53 bits per heavy atom. The van der Waals surface area contributed by atoms with Gasteiger partial charge in [0.2, 0.25) is 5.91 Å². The topological polar surface area (TPSA) is 61.9 Å². The number of carbonyl (C=O) groups excluding carboxylic acids is 2. The number of hydrogen-bond donors (Lipinski definition) is 1. The zero-order valence-corrected chi connectivity index (χ0v) is 18.0. The smallest absolute Gasteiger partial charge is 0.265 e. The molecule has 0 bridgehead atoms. The molecule has 0 radical (unpaired) electrons. The molecule has 0 spiro atoms. The second-order valence-corrected chi connectivity index (χ2v) is 8.50. The molecule has 2 aliphatic heterocycles. The molecule has 30 heavy (non-hydrogen) atoms. The van der Waals surface area contributed by atoms with E-state index in [1.165, 1.54) is 6.42 Å². The summed E-state index contributed by atoms with van der Waals surface area (Å²) in [6, 6.07) is 15.4. The summed E-state index contributed by atoms with van der Waals surface area (Å²) in [5.41, 5.74) is 1.60. The number of anilines is 2. The number of amides is 2. The molecule has 6 nitrogen and oxygen atoms in total. The third-order valence-corrected chi connectivity index (χ3v) is 6.26. The van der Waals surface area contributed by atoms with Crippen LogP contribution in [-0.2, 0) is 9.59 Å². The maximum atomic E-state index is 13.0. The third kappa shape index (κ3) is 4.73. The van der Waals surface area contributed by atoms with Gasteiger partial charge in [-0.15, -0.1) is 11.8 Å². The van der Waals surface area contributed by atoms with Crippen LogP contribution in [0, 0.1) is 0 Å². The Labute approximate surface area is 181 Å². The van der Waals surface area contributed by atoms with Gasteiger partial charge in [0.15, 0.2) is 6.10 Å². The number of fused-ring (bicyclic) bond motifs is 1. The molecule has 2 aromatic carbocycles. The molecule has 4 rings (SSSR count). The van der Waals surface area contributed by atoms with E-state index in [2.05, 4.69) is 5.32 Å². The Balaban J connectivity index is 1.46. The van der Waals surface area contributed by atoms with Crippen molar-refractivity contribution in [2.75, 3.05) is 42.7 Å². The summed E-state index contributed by atoms with van der Waals surface area (Å²) in [6.45, 7) is 2.10. The number of ether oxygens (including phenoxy) is 1. The molecular weight excluding hydrogens is 398 g/mol. The zero-order chi connectivity index (χ0) is 20.9. The molecule has 1 N–H and O–H groups in total. The molecule has 2 aromatic rings. The van der Waals surface area contributed by atoms with Gasteiger partial charge >= 0.3 is 0 Å². The fourth-order valence-electron chi connectivity index (χ4n) is 3.95. The fourth-order valence-corrected chi connectivity index (χ4v) is 4.36. The van der Waals surface area contributed by atoms with Crippen LogP contribution in [0.3, 0.4) is 0 Å². The van der Waals surface area contributed by atoms with E-state index in [0.29, 0.717) is 12.3 Å². The quantitative estimate of drug-likeness (QED) is 0.742. The zero-order valence-electron chi connectivity index (χ0n) is 17.2. The van der Waals surface area contributed by atoms with Crippen LogP contribution in [-0.4, -0.2) is 55.3 Å². The molecule has 7 heteroatoms. The first-order valence-electron chi connectivity index (χ1n) is 10.4. The molecule has 2 amide bonds. The van der Waals surface area contributed by atoms with E-state index >= 15 is 0 Å². The Morgan fingerprint density at radius 1 is 1.07 bits per heavy atom. The molecule has 1 fully saturated rings. The molecule has 2 aliphatic rings. The van der Waals surface area contributed by atoms with E-state index in [9.17, 15) is 9.59 Å². The highest BCUT2D eigenvalue weighted by Gasteiger charge is 2.34. The highest BCUT2D eigenvalue weighted by atomic mass is 32.2. The van der Waals surface area contributed by atoms with E-state index < -0.39 is 6.10 Å². The summed E-state index contributed by atoms with van der Waals surface area (Å²) in [5.74, 6) is 0.547. The van der Waals surface area contributed by atoms with Gasteiger partial charge in [0.25, 0.3) is 5.91 Å². The van der Waals surface area contributed by atoms with E-state index in [0.717, 1.165) is 42.2 Å². The van der Waals surface area contributed by atoms with Gasteiger partial charge in [0.1, 0.15) is 5.75 Å². The van der Waals surface area contributed by atoms with Crippen molar-refractivity contribution >= 4 is 35.0 Å². The average molecular weight is 426 g/mol. The van der Waals surface area contributed by atoms with Gasteiger partial charge in [-0.05, 0) is 61.9 Å². The van der Waals surface area contributed by atoms with Crippen molar-refractivity contribution < 1.29 is 14.3 Å². The number of nitrogens with zero attached hydrogens (tertiary/aromatic N) is 2. The van der Waals surface area contributed by atoms with E-state index in [4.69, 9.17) is 4.74 Å². The van der Waals surface area contributed by atoms with Crippen molar-refractivity contribution in [2.45, 2.75) is 30.3 Å². The summed E-state index contributed by atoms with van der Waals surface area (Å²) in [4.78, 5) is 30.7. The van der Waals surface area contributed by atoms with Crippen LogP contribution >= 0.6 is 11.8 Å². The number of benzene rings is 2. The largest absolute Gasteiger partial charge is 0.477 e. The summed E-state index contributed by atoms with van der Waals surface area (Å²) in [5, 5.41) is 2.95. The Bertz CT molecular complexity index is 897. The third-order valence-electron chi connectivity index (χ3n) is 5.51. The molecule has 1 saturated heterocycles. The SMILES string of the molecule is CSc1ccc(NC(=O)CN2C[C@@H](C(=O)N3CCCCC3)Oc3ccccc32)cc1. The lowest BCUT2D eigenvalue weighted by molar-refractivity contribution is -0.139. The van der Waals surface area contributed by atoms with Crippen molar-refractivity contribution in [3.8, 4) is 5.75 Å². The van der Waals surface area contributed by atoms with Crippen LogP contribution in [0.5, 0.6) is 5.75 Å². The van der Waals surface area contributed by atoms with Gasteiger partial charge in [0, 0.05) is 23.7 Å². The Kier molecular flexibility index (Phi) is 6.47. The summed E-state index contributed by atoms with van der Waals surface area (Å²) in [6.07, 6.45) is 4.67. The predicted octanol–water partition coefficient (Wildman–Crippen LogP) is 3.63. The minimum absolute atomic E-state index is 0.0160. The van der Waals surface area contributed by atoms with E-state index in [1.807, 2.05) is 64.6 Å². The lowest BCUT2D eigenvalue weighted by Gasteiger charge is -2.38. The maximum Gasteiger partial charge on any atom is 0.265 e. The minimum Gasteiger partial charge on any atom is -0.477 e. The van der Waals surface area contributed by atoms with Crippen LogP contribution in [0.15, 0.2) is 53.4 Å². The molecule has 1 atom stereocenters. The number of likely N-dealkylation sites (tertiary alicyclic amines) is 1. The Hall–Kier alpha value is -2.67.